The lowest BCUT2D eigenvalue weighted by atomic mass is 9.92. The molecule has 1 saturated carbocycles. The molecule has 1 atom stereocenters. The fraction of sp³-hybridized carbons (Fsp3) is 0.750. The Balaban J connectivity index is 1.87. The molecule has 0 saturated heterocycles. The van der Waals surface area contributed by atoms with Gasteiger partial charge in [-0.3, -0.25) is 0 Å². The second kappa shape index (κ2) is 5.46. The number of aromatic amines is 1. The Labute approximate surface area is 96.5 Å². The van der Waals surface area contributed by atoms with Gasteiger partial charge in [0.2, 0.25) is 0 Å². The first kappa shape index (κ1) is 11.6. The maximum absolute atomic E-state index is 9.46. The number of aliphatic hydroxyl groups excluding tert-OH is 1. The zero-order valence-electron chi connectivity index (χ0n) is 9.82. The summed E-state index contributed by atoms with van der Waals surface area (Å²) in [6, 6.07) is 0.841. The van der Waals surface area contributed by atoms with Gasteiger partial charge in [-0.1, -0.05) is 6.92 Å². The third-order valence-electron chi connectivity index (χ3n) is 3.39. The number of hydrogen-bond donors (Lipinski definition) is 3. The molecule has 2 rings (SSSR count). The van der Waals surface area contributed by atoms with Crippen molar-refractivity contribution in [3.05, 3.63) is 18.2 Å². The third-order valence-corrected chi connectivity index (χ3v) is 3.39. The summed E-state index contributed by atoms with van der Waals surface area (Å²) in [5, 5.41) is 13.1. The molecule has 1 aliphatic rings. The van der Waals surface area contributed by atoms with Gasteiger partial charge >= 0.3 is 0 Å². The summed E-state index contributed by atoms with van der Waals surface area (Å²) < 4.78 is 0. The summed E-state index contributed by atoms with van der Waals surface area (Å²) in [4.78, 5) is 7.46. The van der Waals surface area contributed by atoms with E-state index in [-0.39, 0.29) is 6.10 Å². The lowest BCUT2D eigenvalue weighted by Crippen LogP contribution is -2.37. The van der Waals surface area contributed by atoms with Crippen LogP contribution in [0.3, 0.4) is 0 Å². The number of H-pyrrole nitrogens is 1. The van der Waals surface area contributed by atoms with E-state index in [2.05, 4.69) is 22.2 Å². The summed E-state index contributed by atoms with van der Waals surface area (Å²) in [5.41, 5.74) is 0. The van der Waals surface area contributed by atoms with Gasteiger partial charge in [0, 0.05) is 18.4 Å². The minimum atomic E-state index is -0.0817. The third kappa shape index (κ3) is 2.83. The molecule has 4 nitrogen and oxygen atoms in total. The zero-order chi connectivity index (χ0) is 11.4. The predicted molar refractivity (Wildman–Crippen MR) is 63.0 cm³/mol. The summed E-state index contributed by atoms with van der Waals surface area (Å²) in [6.07, 6.45) is 8.60. The van der Waals surface area contributed by atoms with Crippen molar-refractivity contribution in [3.63, 3.8) is 0 Å². The number of nitrogens with one attached hydrogen (secondary N) is 2. The maximum Gasteiger partial charge on any atom is 0.123 e. The van der Waals surface area contributed by atoms with E-state index in [1.807, 2.05) is 6.20 Å². The van der Waals surface area contributed by atoms with Crippen LogP contribution in [0.2, 0.25) is 0 Å². The minimum absolute atomic E-state index is 0.0817. The first-order chi connectivity index (χ1) is 7.79. The highest BCUT2D eigenvalue weighted by atomic mass is 16.3. The van der Waals surface area contributed by atoms with Gasteiger partial charge < -0.3 is 15.4 Å². The summed E-state index contributed by atoms with van der Waals surface area (Å²) in [7, 11) is 0. The summed E-state index contributed by atoms with van der Waals surface area (Å²) >= 11 is 0. The van der Waals surface area contributed by atoms with E-state index in [1.165, 1.54) is 0 Å². The molecule has 1 unspecified atom stereocenters. The molecule has 1 fully saturated rings. The van der Waals surface area contributed by atoms with Crippen LogP contribution >= 0.6 is 0 Å². The number of rotatable bonds is 4. The lowest BCUT2D eigenvalue weighted by molar-refractivity contribution is 0.113. The van der Waals surface area contributed by atoms with Crippen molar-refractivity contribution >= 4 is 0 Å². The van der Waals surface area contributed by atoms with Gasteiger partial charge in [0.25, 0.3) is 0 Å². The SMILES string of the molecule is CCC(NC1CCC(O)CC1)c1ncc[nH]1. The van der Waals surface area contributed by atoms with Crippen molar-refractivity contribution in [2.75, 3.05) is 0 Å². The van der Waals surface area contributed by atoms with Gasteiger partial charge in [-0.05, 0) is 32.1 Å². The van der Waals surface area contributed by atoms with Crippen molar-refractivity contribution in [3.8, 4) is 0 Å². The maximum atomic E-state index is 9.46. The van der Waals surface area contributed by atoms with Crippen LogP contribution in [0.1, 0.15) is 50.9 Å². The summed E-state index contributed by atoms with van der Waals surface area (Å²) in [6.45, 7) is 2.16. The van der Waals surface area contributed by atoms with Crippen LogP contribution in [0, 0.1) is 0 Å². The second-order valence-corrected chi connectivity index (χ2v) is 4.61. The average Bonchev–Trinajstić information content (AvgIpc) is 2.82. The minimum Gasteiger partial charge on any atom is -0.393 e. The monoisotopic (exact) mass is 223 g/mol. The normalized spacial score (nSPS) is 27.9. The molecular formula is C12H21N3O. The molecule has 0 spiro atoms. The Morgan fingerprint density at radius 3 is 2.81 bits per heavy atom. The van der Waals surface area contributed by atoms with Gasteiger partial charge in [-0.15, -0.1) is 0 Å². The highest BCUT2D eigenvalue weighted by Crippen LogP contribution is 2.22. The van der Waals surface area contributed by atoms with Crippen LogP contribution in [0.4, 0.5) is 0 Å². The Kier molecular flexibility index (Phi) is 3.96. The largest absolute Gasteiger partial charge is 0.393 e. The number of aromatic nitrogens is 2. The molecule has 0 amide bonds. The first-order valence-electron chi connectivity index (χ1n) is 6.23. The van der Waals surface area contributed by atoms with Gasteiger partial charge in [-0.2, -0.15) is 0 Å². The first-order valence-corrected chi connectivity index (χ1v) is 6.23. The van der Waals surface area contributed by atoms with E-state index >= 15 is 0 Å². The van der Waals surface area contributed by atoms with Crippen molar-refractivity contribution < 1.29 is 5.11 Å². The molecular weight excluding hydrogens is 202 g/mol. The number of nitrogens with zero attached hydrogens (tertiary/aromatic N) is 1. The molecule has 1 aliphatic carbocycles. The molecule has 0 bridgehead atoms. The highest BCUT2D eigenvalue weighted by molar-refractivity contribution is 4.96. The van der Waals surface area contributed by atoms with Gasteiger partial charge in [-0.25, -0.2) is 4.98 Å². The number of imidazole rings is 1. The van der Waals surface area contributed by atoms with Crippen LogP contribution in [-0.2, 0) is 0 Å². The topological polar surface area (TPSA) is 60.9 Å². The summed E-state index contributed by atoms with van der Waals surface area (Å²) in [5.74, 6) is 1.02. The van der Waals surface area contributed by atoms with Crippen molar-refractivity contribution in [1.29, 1.82) is 0 Å². The van der Waals surface area contributed by atoms with Crippen molar-refractivity contribution in [1.82, 2.24) is 15.3 Å². The molecule has 4 heteroatoms. The Morgan fingerprint density at radius 2 is 2.25 bits per heavy atom. The van der Waals surface area contributed by atoms with Gasteiger partial charge in [0.1, 0.15) is 5.82 Å². The highest BCUT2D eigenvalue weighted by Gasteiger charge is 2.22. The molecule has 0 radical (unpaired) electrons. The molecule has 16 heavy (non-hydrogen) atoms. The van der Waals surface area contributed by atoms with Crippen molar-refractivity contribution in [2.24, 2.45) is 0 Å². The van der Waals surface area contributed by atoms with Crippen LogP contribution in [0.25, 0.3) is 0 Å². The average molecular weight is 223 g/mol. The molecule has 1 heterocycles. The standard InChI is InChI=1S/C12H21N3O/c1-2-11(12-13-7-8-14-12)15-9-3-5-10(16)6-4-9/h7-11,15-16H,2-6H2,1H3,(H,13,14). The quantitative estimate of drug-likeness (QED) is 0.729. The molecule has 3 N–H and O–H groups in total. The van der Waals surface area contributed by atoms with E-state index in [1.54, 1.807) is 6.20 Å². The van der Waals surface area contributed by atoms with Crippen LogP contribution in [-0.4, -0.2) is 27.2 Å². The number of hydrogen-bond acceptors (Lipinski definition) is 3. The Morgan fingerprint density at radius 1 is 1.50 bits per heavy atom. The van der Waals surface area contributed by atoms with E-state index < -0.39 is 0 Å². The van der Waals surface area contributed by atoms with Crippen LogP contribution < -0.4 is 5.32 Å². The smallest absolute Gasteiger partial charge is 0.123 e. The van der Waals surface area contributed by atoms with Gasteiger partial charge in [0.05, 0.1) is 12.1 Å². The van der Waals surface area contributed by atoms with E-state index in [4.69, 9.17) is 0 Å². The Hall–Kier alpha value is -0.870. The Bertz CT molecular complexity index is 291. The predicted octanol–water partition coefficient (Wildman–Crippen LogP) is 1.75. The van der Waals surface area contributed by atoms with Crippen LogP contribution in [0.5, 0.6) is 0 Å². The van der Waals surface area contributed by atoms with E-state index in [9.17, 15) is 5.11 Å². The lowest BCUT2D eigenvalue weighted by Gasteiger charge is -2.29. The van der Waals surface area contributed by atoms with Crippen LogP contribution in [0.15, 0.2) is 12.4 Å². The number of aliphatic hydroxyl groups is 1. The van der Waals surface area contributed by atoms with Crippen molar-refractivity contribution in [2.45, 2.75) is 57.2 Å². The molecule has 0 aromatic carbocycles. The zero-order valence-corrected chi connectivity index (χ0v) is 9.82. The second-order valence-electron chi connectivity index (χ2n) is 4.61. The fourth-order valence-electron chi connectivity index (χ4n) is 2.39. The molecule has 1 aromatic rings. The molecule has 90 valence electrons. The van der Waals surface area contributed by atoms with E-state index in [0.717, 1.165) is 37.9 Å². The van der Waals surface area contributed by atoms with E-state index in [0.29, 0.717) is 12.1 Å². The molecule has 0 aliphatic heterocycles. The molecule has 1 aromatic heterocycles. The van der Waals surface area contributed by atoms with Gasteiger partial charge in [0.15, 0.2) is 0 Å². The fourth-order valence-corrected chi connectivity index (χ4v) is 2.39.